The van der Waals surface area contributed by atoms with Crippen molar-refractivity contribution in [3.8, 4) is 0 Å². The molecule has 8 heteroatoms. The minimum Gasteiger partial charge on any atom is -0.550 e. The Labute approximate surface area is 247 Å². The molecule has 4 saturated carbocycles. The topological polar surface area (TPSA) is 113 Å². The molecule has 0 aromatic heterocycles. The molecule has 0 aromatic rings. The van der Waals surface area contributed by atoms with Crippen LogP contribution in [0.15, 0.2) is 0 Å². The summed E-state index contributed by atoms with van der Waals surface area (Å²) in [5.41, 5.74) is -0.0382. The van der Waals surface area contributed by atoms with Gasteiger partial charge in [0.2, 0.25) is 0 Å². The van der Waals surface area contributed by atoms with E-state index in [0.717, 1.165) is 51.4 Å². The van der Waals surface area contributed by atoms with Crippen molar-refractivity contribution in [2.24, 2.45) is 46.3 Å². The van der Waals surface area contributed by atoms with Crippen LogP contribution in [0.5, 0.6) is 0 Å². The Kier molecular flexibility index (Phi) is 9.55. The smallest absolute Gasteiger partial charge is 0.310 e. The van der Waals surface area contributed by atoms with E-state index in [-0.39, 0.29) is 53.7 Å². The molecule has 0 aromatic carbocycles. The predicted octanol–water partition coefficient (Wildman–Crippen LogP) is 3.72. The van der Waals surface area contributed by atoms with E-state index >= 15 is 0 Å². The van der Waals surface area contributed by atoms with Gasteiger partial charge in [0.1, 0.15) is 12.6 Å². The van der Waals surface area contributed by atoms with Gasteiger partial charge in [-0.05, 0) is 111 Å². The molecular weight excluding hydrogens is 522 g/mol. The number of ether oxygens (including phenoxy) is 2. The summed E-state index contributed by atoms with van der Waals surface area (Å²) >= 11 is 0. The molecule has 0 saturated heterocycles. The fraction of sp³-hybridized carbons (Fsp3) is 0.909. The largest absolute Gasteiger partial charge is 0.550 e. The number of rotatable bonds is 10. The van der Waals surface area contributed by atoms with E-state index in [4.69, 9.17) is 9.47 Å². The summed E-state index contributed by atoms with van der Waals surface area (Å²) < 4.78 is 12.0. The highest BCUT2D eigenvalue weighted by Gasteiger charge is 2.63. The lowest BCUT2D eigenvalue weighted by molar-refractivity contribution is -0.873. The van der Waals surface area contributed by atoms with E-state index in [1.54, 1.807) is 0 Å². The molecule has 0 spiro atoms. The van der Waals surface area contributed by atoms with Crippen LogP contribution < -0.4 is 5.11 Å². The predicted molar refractivity (Wildman–Crippen MR) is 153 cm³/mol. The zero-order valence-electron chi connectivity index (χ0n) is 26.5. The van der Waals surface area contributed by atoms with Crippen LogP contribution in [0.3, 0.4) is 0 Å². The first-order valence-electron chi connectivity index (χ1n) is 16.1. The van der Waals surface area contributed by atoms with Crippen molar-refractivity contribution in [1.29, 1.82) is 0 Å². The fourth-order valence-corrected chi connectivity index (χ4v) is 10.2. The molecule has 0 aliphatic heterocycles. The number of carbonyl (C=O) groups is 3. The quantitative estimate of drug-likeness (QED) is 0.311. The number of aliphatic carboxylic acids is 1. The third kappa shape index (κ3) is 6.79. The van der Waals surface area contributed by atoms with Crippen molar-refractivity contribution in [3.63, 3.8) is 0 Å². The Balaban J connectivity index is 1.39. The second kappa shape index (κ2) is 12.1. The number of quaternary nitrogens is 1. The van der Waals surface area contributed by atoms with Crippen LogP contribution in [-0.4, -0.2) is 73.5 Å². The molecule has 4 aliphatic carbocycles. The van der Waals surface area contributed by atoms with Gasteiger partial charge in [0, 0.05) is 12.9 Å². The van der Waals surface area contributed by atoms with Gasteiger partial charge in [0.25, 0.3) is 0 Å². The van der Waals surface area contributed by atoms with Crippen molar-refractivity contribution < 1.29 is 38.6 Å². The first-order chi connectivity index (χ1) is 19.0. The summed E-state index contributed by atoms with van der Waals surface area (Å²) in [5, 5.41) is 22.9. The zero-order chi connectivity index (χ0) is 30.3. The van der Waals surface area contributed by atoms with Gasteiger partial charge < -0.3 is 29.0 Å². The summed E-state index contributed by atoms with van der Waals surface area (Å²) in [7, 11) is 6.03. The van der Waals surface area contributed by atoms with Crippen molar-refractivity contribution in [2.45, 2.75) is 117 Å². The number of aliphatic hydroxyl groups is 1. The van der Waals surface area contributed by atoms with Crippen LogP contribution in [0.25, 0.3) is 0 Å². The first kappa shape index (κ1) is 32.2. The lowest BCUT2D eigenvalue weighted by Gasteiger charge is -2.62. The second-order valence-electron chi connectivity index (χ2n) is 15.6. The molecule has 0 unspecified atom stereocenters. The normalized spacial score (nSPS) is 40.0. The molecule has 41 heavy (non-hydrogen) atoms. The first-order valence-corrected chi connectivity index (χ1v) is 16.1. The number of likely N-dealkylation sites (N-methyl/N-ethyl adjacent to an activating group) is 1. The van der Waals surface area contributed by atoms with Crippen LogP contribution in [-0.2, 0) is 23.9 Å². The lowest BCUT2D eigenvalue weighted by atomic mass is 9.43. The van der Waals surface area contributed by atoms with E-state index in [0.29, 0.717) is 47.0 Å². The van der Waals surface area contributed by atoms with Gasteiger partial charge in [-0.2, -0.15) is 0 Å². The number of fused-ring (bicyclic) bond motifs is 5. The molecule has 0 heterocycles. The Morgan fingerprint density at radius 3 is 2.37 bits per heavy atom. The molecule has 4 rings (SSSR count). The average Bonchev–Trinajstić information content (AvgIpc) is 3.20. The Morgan fingerprint density at radius 1 is 1.02 bits per heavy atom. The Morgan fingerprint density at radius 2 is 1.73 bits per heavy atom. The summed E-state index contributed by atoms with van der Waals surface area (Å²) in [4.78, 5) is 35.7. The van der Waals surface area contributed by atoms with Crippen LogP contribution >= 0.6 is 0 Å². The van der Waals surface area contributed by atoms with Crippen molar-refractivity contribution >= 4 is 17.9 Å². The van der Waals surface area contributed by atoms with E-state index in [9.17, 15) is 24.6 Å². The zero-order valence-corrected chi connectivity index (χ0v) is 26.5. The molecule has 4 aliphatic rings. The number of aliphatic hydroxyl groups excluding tert-OH is 1. The van der Waals surface area contributed by atoms with Crippen LogP contribution in [0, 0.1) is 46.3 Å². The molecule has 8 nitrogen and oxygen atoms in total. The molecule has 11 atom stereocenters. The number of carboxylic acid groups (broad SMARTS) is 1. The van der Waals surface area contributed by atoms with Crippen molar-refractivity contribution in [1.82, 2.24) is 0 Å². The maximum atomic E-state index is 12.9. The monoisotopic (exact) mass is 577 g/mol. The van der Waals surface area contributed by atoms with E-state index in [1.165, 1.54) is 6.92 Å². The number of carbonyl (C=O) groups excluding carboxylic acids is 3. The third-order valence-corrected chi connectivity index (χ3v) is 12.1. The maximum absolute atomic E-state index is 12.9. The summed E-state index contributed by atoms with van der Waals surface area (Å²) in [6, 6.07) is 0. The fourth-order valence-electron chi connectivity index (χ4n) is 10.2. The van der Waals surface area contributed by atoms with Crippen LogP contribution in [0.4, 0.5) is 0 Å². The standard InChI is InChI=1S/C33H55NO7/c1-20(8-13-30(37)38)26-11-12-27-25-10-9-22-16-23(14-15-32(22,3)28(25)18-29(36)33(26,27)4)41-31(39)17-24(40-21(2)35)19-34(5,6)7/h20,22-29,36H,8-19H2,1-7H3/t20-,22-,23-,24-,25+,26-,27+,28+,29+,32+,33-/m1/s1. The number of hydrogen-bond donors (Lipinski definition) is 1. The highest BCUT2D eigenvalue weighted by atomic mass is 16.6. The van der Waals surface area contributed by atoms with E-state index < -0.39 is 12.1 Å². The molecule has 0 amide bonds. The van der Waals surface area contributed by atoms with Gasteiger partial charge in [-0.1, -0.05) is 20.8 Å². The third-order valence-electron chi connectivity index (χ3n) is 12.1. The van der Waals surface area contributed by atoms with Crippen molar-refractivity contribution in [3.05, 3.63) is 0 Å². The van der Waals surface area contributed by atoms with E-state index in [2.05, 4.69) is 20.8 Å². The van der Waals surface area contributed by atoms with Crippen LogP contribution in [0.1, 0.15) is 98.3 Å². The Hall–Kier alpha value is -1.67. The molecule has 234 valence electrons. The summed E-state index contributed by atoms with van der Waals surface area (Å²) in [6.45, 7) is 8.80. The van der Waals surface area contributed by atoms with Gasteiger partial charge in [-0.25, -0.2) is 0 Å². The Bertz CT molecular complexity index is 977. The van der Waals surface area contributed by atoms with E-state index in [1.807, 2.05) is 21.1 Å². The summed E-state index contributed by atoms with van der Waals surface area (Å²) in [5.74, 6) is 0.921. The highest BCUT2D eigenvalue weighted by molar-refractivity contribution is 5.71. The van der Waals surface area contributed by atoms with Gasteiger partial charge in [0.05, 0.1) is 33.7 Å². The number of carboxylic acids is 1. The highest BCUT2D eigenvalue weighted by Crippen LogP contribution is 2.68. The minimum atomic E-state index is -0.985. The van der Waals surface area contributed by atoms with Gasteiger partial charge in [0.15, 0.2) is 6.10 Å². The number of esters is 2. The molecule has 0 bridgehead atoms. The average molecular weight is 578 g/mol. The van der Waals surface area contributed by atoms with Gasteiger partial charge in [-0.15, -0.1) is 0 Å². The minimum absolute atomic E-state index is 0.0766. The lowest BCUT2D eigenvalue weighted by Crippen LogP contribution is -2.59. The van der Waals surface area contributed by atoms with Gasteiger partial charge >= 0.3 is 11.9 Å². The number of nitrogens with zero attached hydrogens (tertiary/aromatic N) is 1. The van der Waals surface area contributed by atoms with Gasteiger partial charge in [-0.3, -0.25) is 9.59 Å². The number of hydrogen-bond acceptors (Lipinski definition) is 7. The second-order valence-corrected chi connectivity index (χ2v) is 15.6. The molecule has 1 N–H and O–H groups in total. The molecule has 4 fully saturated rings. The SMILES string of the molecule is CC(=O)O[C@H](CC(=O)O[C@@H]1CC[C@@]2(C)[C@H](CC[C@@H]3[C@@H]2C[C@H](O)[C@]2(C)[C@@H]([C@H](C)CCC(=O)[O-])CC[C@@H]32)C1)C[N+](C)(C)C. The molecule has 0 radical (unpaired) electrons. The molecular formula is C33H55NO7. The van der Waals surface area contributed by atoms with Crippen LogP contribution in [0.2, 0.25) is 0 Å². The van der Waals surface area contributed by atoms with Crippen molar-refractivity contribution in [2.75, 3.05) is 27.7 Å². The summed E-state index contributed by atoms with van der Waals surface area (Å²) in [6.07, 6.45) is 7.75. The maximum Gasteiger partial charge on any atom is 0.310 e.